The highest BCUT2D eigenvalue weighted by Gasteiger charge is 2.09. The summed E-state index contributed by atoms with van der Waals surface area (Å²) < 4.78 is 4.98. The van der Waals surface area contributed by atoms with Crippen molar-refractivity contribution in [3.05, 3.63) is 28.8 Å². The van der Waals surface area contributed by atoms with E-state index in [1.807, 2.05) is 0 Å². The van der Waals surface area contributed by atoms with Crippen molar-refractivity contribution in [2.45, 2.75) is 6.42 Å². The molecule has 0 amide bonds. The first-order chi connectivity index (χ1) is 6.69. The smallest absolute Gasteiger partial charge is 0.165 e. The van der Waals surface area contributed by atoms with Gasteiger partial charge < -0.3 is 4.74 Å². The van der Waals surface area contributed by atoms with Gasteiger partial charge in [-0.2, -0.15) is 12.6 Å². The predicted molar refractivity (Wildman–Crippen MR) is 60.8 cm³/mol. The molecule has 2 nitrogen and oxygen atoms in total. The first-order valence-corrected chi connectivity index (χ1v) is 5.17. The highest BCUT2D eigenvalue weighted by Crippen LogP contribution is 2.23. The third kappa shape index (κ3) is 2.66. The van der Waals surface area contributed by atoms with Gasteiger partial charge in [0, 0.05) is 12.0 Å². The average Bonchev–Trinajstić information content (AvgIpc) is 2.17. The highest BCUT2D eigenvalue weighted by atomic mass is 35.5. The van der Waals surface area contributed by atoms with Crippen molar-refractivity contribution in [1.82, 2.24) is 0 Å². The largest absolute Gasteiger partial charge is 0.497 e. The third-order valence-corrected chi connectivity index (χ3v) is 2.35. The van der Waals surface area contributed by atoms with Crippen LogP contribution < -0.4 is 4.74 Å². The molecular weight excluding hydrogens is 220 g/mol. The summed E-state index contributed by atoms with van der Waals surface area (Å²) in [7, 11) is 1.56. The fourth-order valence-corrected chi connectivity index (χ4v) is 1.56. The lowest BCUT2D eigenvalue weighted by Crippen LogP contribution is -2.00. The molecule has 0 fully saturated rings. The van der Waals surface area contributed by atoms with Crippen LogP contribution in [0, 0.1) is 0 Å². The second kappa shape index (κ2) is 5.27. The molecule has 0 aromatic heterocycles. The second-order valence-electron chi connectivity index (χ2n) is 2.74. The molecule has 1 rings (SSSR count). The molecule has 0 aliphatic rings. The molecule has 1 aromatic carbocycles. The molecule has 76 valence electrons. The first-order valence-electron chi connectivity index (χ1n) is 4.16. The van der Waals surface area contributed by atoms with E-state index in [1.54, 1.807) is 25.3 Å². The van der Waals surface area contributed by atoms with Gasteiger partial charge in [0.2, 0.25) is 0 Å². The molecule has 0 aliphatic carbocycles. The number of ketones is 1. The summed E-state index contributed by atoms with van der Waals surface area (Å²) in [5, 5.41) is 0.427. The van der Waals surface area contributed by atoms with Crippen molar-refractivity contribution < 1.29 is 9.53 Å². The summed E-state index contributed by atoms with van der Waals surface area (Å²) >= 11 is 9.91. The molecular formula is C10H11ClO2S. The molecule has 0 radical (unpaired) electrons. The topological polar surface area (TPSA) is 26.3 Å². The van der Waals surface area contributed by atoms with Gasteiger partial charge in [-0.3, -0.25) is 4.79 Å². The SMILES string of the molecule is COc1ccc(C(=O)CCS)c(Cl)c1. The van der Waals surface area contributed by atoms with E-state index in [0.717, 1.165) is 0 Å². The summed E-state index contributed by atoms with van der Waals surface area (Å²) in [5.41, 5.74) is 0.529. The zero-order chi connectivity index (χ0) is 10.6. The molecule has 0 saturated carbocycles. The Kier molecular flexibility index (Phi) is 4.29. The van der Waals surface area contributed by atoms with E-state index in [4.69, 9.17) is 16.3 Å². The van der Waals surface area contributed by atoms with E-state index in [1.165, 1.54) is 0 Å². The van der Waals surface area contributed by atoms with E-state index >= 15 is 0 Å². The number of ether oxygens (including phenoxy) is 1. The van der Waals surface area contributed by atoms with Crippen LogP contribution in [0.5, 0.6) is 5.75 Å². The fraction of sp³-hybridized carbons (Fsp3) is 0.300. The minimum absolute atomic E-state index is 0.00709. The Labute approximate surface area is 93.6 Å². The number of halogens is 1. The number of thiol groups is 1. The first kappa shape index (κ1) is 11.4. The van der Waals surface area contributed by atoms with Crippen LogP contribution in [-0.4, -0.2) is 18.6 Å². The molecule has 0 unspecified atom stereocenters. The Bertz CT molecular complexity index is 339. The lowest BCUT2D eigenvalue weighted by Gasteiger charge is -2.04. The van der Waals surface area contributed by atoms with Crippen LogP contribution in [-0.2, 0) is 0 Å². The van der Waals surface area contributed by atoms with Gasteiger partial charge in [-0.25, -0.2) is 0 Å². The zero-order valence-electron chi connectivity index (χ0n) is 7.79. The Morgan fingerprint density at radius 2 is 2.29 bits per heavy atom. The van der Waals surface area contributed by atoms with Crippen LogP contribution in [0.1, 0.15) is 16.8 Å². The van der Waals surface area contributed by atoms with Gasteiger partial charge in [0.15, 0.2) is 5.78 Å². The quantitative estimate of drug-likeness (QED) is 0.636. The van der Waals surface area contributed by atoms with Crippen molar-refractivity contribution in [1.29, 1.82) is 0 Å². The molecule has 14 heavy (non-hydrogen) atoms. The maximum absolute atomic E-state index is 11.5. The lowest BCUT2D eigenvalue weighted by molar-refractivity contribution is 0.0990. The standard InChI is InChI=1S/C10H11ClO2S/c1-13-7-2-3-8(9(11)6-7)10(12)4-5-14/h2-3,6,14H,4-5H2,1H3. The molecule has 0 aliphatic heterocycles. The molecule has 0 spiro atoms. The number of carbonyl (C=O) groups is 1. The Morgan fingerprint density at radius 1 is 1.57 bits per heavy atom. The van der Waals surface area contributed by atoms with E-state index in [9.17, 15) is 4.79 Å². The van der Waals surface area contributed by atoms with E-state index < -0.39 is 0 Å². The number of rotatable bonds is 4. The van der Waals surface area contributed by atoms with Gasteiger partial charge in [0.1, 0.15) is 5.75 Å². The Balaban J connectivity index is 2.94. The molecule has 0 saturated heterocycles. The maximum Gasteiger partial charge on any atom is 0.165 e. The van der Waals surface area contributed by atoms with Crippen LogP contribution >= 0.6 is 24.2 Å². The molecule has 0 heterocycles. The number of benzene rings is 1. The molecule has 1 aromatic rings. The summed E-state index contributed by atoms with van der Waals surface area (Å²) in [6.07, 6.45) is 0.398. The lowest BCUT2D eigenvalue weighted by atomic mass is 10.1. The summed E-state index contributed by atoms with van der Waals surface area (Å²) in [4.78, 5) is 11.5. The number of Topliss-reactive ketones (excluding diaryl/α,β-unsaturated/α-hetero) is 1. The Morgan fingerprint density at radius 3 is 2.79 bits per heavy atom. The average molecular weight is 231 g/mol. The highest BCUT2D eigenvalue weighted by molar-refractivity contribution is 7.80. The number of hydrogen-bond donors (Lipinski definition) is 1. The van der Waals surface area contributed by atoms with Crippen LogP contribution in [0.3, 0.4) is 0 Å². The summed E-state index contributed by atoms with van der Waals surface area (Å²) in [6.45, 7) is 0. The molecule has 0 atom stereocenters. The van der Waals surface area contributed by atoms with Gasteiger partial charge in [0.05, 0.1) is 12.1 Å². The predicted octanol–water partition coefficient (Wildman–Crippen LogP) is 2.85. The van der Waals surface area contributed by atoms with Crippen LogP contribution in [0.15, 0.2) is 18.2 Å². The number of methoxy groups -OCH3 is 1. The van der Waals surface area contributed by atoms with E-state index in [-0.39, 0.29) is 5.78 Å². The zero-order valence-corrected chi connectivity index (χ0v) is 9.44. The van der Waals surface area contributed by atoms with Crippen molar-refractivity contribution in [3.8, 4) is 5.75 Å². The van der Waals surface area contributed by atoms with Crippen molar-refractivity contribution >= 4 is 30.0 Å². The Hall–Kier alpha value is -0.670. The van der Waals surface area contributed by atoms with Gasteiger partial charge in [-0.05, 0) is 24.0 Å². The monoisotopic (exact) mass is 230 g/mol. The van der Waals surface area contributed by atoms with E-state index in [0.29, 0.717) is 28.5 Å². The van der Waals surface area contributed by atoms with Crippen LogP contribution in [0.4, 0.5) is 0 Å². The minimum Gasteiger partial charge on any atom is -0.497 e. The summed E-state index contributed by atoms with van der Waals surface area (Å²) in [6, 6.07) is 5.03. The molecule has 0 N–H and O–H groups in total. The van der Waals surface area contributed by atoms with Crippen molar-refractivity contribution in [3.63, 3.8) is 0 Å². The maximum atomic E-state index is 11.5. The normalized spacial score (nSPS) is 9.93. The van der Waals surface area contributed by atoms with Crippen molar-refractivity contribution in [2.24, 2.45) is 0 Å². The minimum atomic E-state index is 0.00709. The van der Waals surface area contributed by atoms with E-state index in [2.05, 4.69) is 12.6 Å². The van der Waals surface area contributed by atoms with Gasteiger partial charge in [0.25, 0.3) is 0 Å². The number of carbonyl (C=O) groups excluding carboxylic acids is 1. The van der Waals surface area contributed by atoms with Gasteiger partial charge in [-0.1, -0.05) is 11.6 Å². The van der Waals surface area contributed by atoms with Gasteiger partial charge in [-0.15, -0.1) is 0 Å². The second-order valence-corrected chi connectivity index (χ2v) is 3.60. The van der Waals surface area contributed by atoms with Gasteiger partial charge >= 0.3 is 0 Å². The van der Waals surface area contributed by atoms with Crippen molar-refractivity contribution in [2.75, 3.05) is 12.9 Å². The third-order valence-electron chi connectivity index (χ3n) is 1.82. The van der Waals surface area contributed by atoms with Crippen LogP contribution in [0.25, 0.3) is 0 Å². The number of hydrogen-bond acceptors (Lipinski definition) is 3. The molecule has 4 heteroatoms. The fourth-order valence-electron chi connectivity index (χ4n) is 1.09. The van der Waals surface area contributed by atoms with Crippen LogP contribution in [0.2, 0.25) is 5.02 Å². The molecule has 0 bridgehead atoms. The summed E-state index contributed by atoms with van der Waals surface area (Å²) in [5.74, 6) is 1.19.